The quantitative estimate of drug-likeness (QED) is 0.502. The lowest BCUT2D eigenvalue weighted by atomic mass is 10.1. The summed E-state index contributed by atoms with van der Waals surface area (Å²) in [5.41, 5.74) is 0. The Hall–Kier alpha value is 0.0200. The van der Waals surface area contributed by atoms with Crippen molar-refractivity contribution >= 4 is 17.1 Å². The molecular formula is C5H9FS. The van der Waals surface area contributed by atoms with Crippen LogP contribution in [0.2, 0.25) is 0 Å². The zero-order chi connectivity index (χ0) is 5.86. The van der Waals surface area contributed by atoms with Crippen LogP contribution < -0.4 is 0 Å². The first-order chi connectivity index (χ1) is 3.18. The Labute approximate surface area is 48.7 Å². The number of hydrogen-bond acceptors (Lipinski definition) is 1. The molecular weight excluding hydrogens is 111 g/mol. The topological polar surface area (TPSA) is 0 Å². The molecule has 0 aliphatic heterocycles. The molecule has 0 aromatic heterocycles. The van der Waals surface area contributed by atoms with Crippen molar-refractivity contribution in [1.82, 2.24) is 0 Å². The van der Waals surface area contributed by atoms with E-state index in [9.17, 15) is 4.39 Å². The zero-order valence-corrected chi connectivity index (χ0v) is 5.39. The molecule has 0 heterocycles. The molecule has 0 spiro atoms. The molecule has 0 aliphatic carbocycles. The number of alkyl halides is 1. The van der Waals surface area contributed by atoms with E-state index in [2.05, 4.69) is 12.2 Å². The standard InChI is InChI=1S/C5H9FS/c1-4(2)5(7)3-6/h4H,3H2,1-2H3. The van der Waals surface area contributed by atoms with Crippen LogP contribution in [0, 0.1) is 5.92 Å². The van der Waals surface area contributed by atoms with Crippen LogP contribution in [0.1, 0.15) is 13.8 Å². The summed E-state index contributed by atoms with van der Waals surface area (Å²) >= 11 is 4.60. The predicted octanol–water partition coefficient (Wildman–Crippen LogP) is 1.98. The molecule has 2 heteroatoms. The van der Waals surface area contributed by atoms with Gasteiger partial charge in [0.25, 0.3) is 0 Å². The van der Waals surface area contributed by atoms with Crippen molar-refractivity contribution in [2.24, 2.45) is 5.92 Å². The van der Waals surface area contributed by atoms with Gasteiger partial charge in [0.05, 0.1) is 0 Å². The molecule has 0 fully saturated rings. The van der Waals surface area contributed by atoms with Crippen molar-refractivity contribution in [2.75, 3.05) is 6.67 Å². The average molecular weight is 120 g/mol. The number of thiocarbonyl (C=S) groups is 1. The van der Waals surface area contributed by atoms with Gasteiger partial charge in [-0.3, -0.25) is 0 Å². The molecule has 0 N–H and O–H groups in total. The van der Waals surface area contributed by atoms with E-state index >= 15 is 0 Å². The molecule has 0 nitrogen and oxygen atoms in total. The summed E-state index contributed by atoms with van der Waals surface area (Å²) in [6.07, 6.45) is 0. The van der Waals surface area contributed by atoms with Crippen molar-refractivity contribution in [1.29, 1.82) is 0 Å². The van der Waals surface area contributed by atoms with Crippen molar-refractivity contribution in [3.63, 3.8) is 0 Å². The van der Waals surface area contributed by atoms with Crippen LogP contribution in [-0.4, -0.2) is 11.5 Å². The second kappa shape index (κ2) is 3.08. The maximum atomic E-state index is 11.5. The smallest absolute Gasteiger partial charge is 0.121 e. The van der Waals surface area contributed by atoms with Crippen LogP contribution in [0.3, 0.4) is 0 Å². The predicted molar refractivity (Wildman–Crippen MR) is 33.4 cm³/mol. The summed E-state index contributed by atoms with van der Waals surface area (Å²) in [4.78, 5) is 0.514. The highest BCUT2D eigenvalue weighted by atomic mass is 32.1. The maximum Gasteiger partial charge on any atom is 0.121 e. The fraction of sp³-hybridized carbons (Fsp3) is 0.800. The van der Waals surface area contributed by atoms with Gasteiger partial charge in [0.1, 0.15) is 6.67 Å². The normalized spacial score (nSPS) is 9.71. The molecule has 42 valence electrons. The van der Waals surface area contributed by atoms with Gasteiger partial charge in [-0.2, -0.15) is 0 Å². The third-order valence-electron chi connectivity index (χ3n) is 0.776. The summed E-state index contributed by atoms with van der Waals surface area (Å²) in [6.45, 7) is 3.33. The molecule has 0 rings (SSSR count). The Morgan fingerprint density at radius 2 is 2.14 bits per heavy atom. The van der Waals surface area contributed by atoms with E-state index in [4.69, 9.17) is 0 Å². The molecule has 0 amide bonds. The Balaban J connectivity index is 3.35. The van der Waals surface area contributed by atoms with Gasteiger partial charge >= 0.3 is 0 Å². The molecule has 0 aromatic rings. The highest BCUT2D eigenvalue weighted by molar-refractivity contribution is 7.80. The number of halogens is 1. The Morgan fingerprint density at radius 3 is 2.14 bits per heavy atom. The van der Waals surface area contributed by atoms with Gasteiger partial charge in [-0.15, -0.1) is 0 Å². The summed E-state index contributed by atoms with van der Waals surface area (Å²) in [5, 5.41) is 0. The van der Waals surface area contributed by atoms with E-state index in [1.165, 1.54) is 0 Å². The van der Waals surface area contributed by atoms with Gasteiger partial charge in [-0.05, 0) is 5.92 Å². The van der Waals surface area contributed by atoms with Crippen LogP contribution >= 0.6 is 12.2 Å². The minimum atomic E-state index is -0.451. The lowest BCUT2D eigenvalue weighted by Gasteiger charge is -1.98. The van der Waals surface area contributed by atoms with Gasteiger partial charge in [0.15, 0.2) is 0 Å². The Bertz CT molecular complexity index is 68.5. The SMILES string of the molecule is CC(C)C(=S)CF. The molecule has 0 radical (unpaired) electrons. The van der Waals surface area contributed by atoms with Gasteiger partial charge in [0.2, 0.25) is 0 Å². The van der Waals surface area contributed by atoms with Crippen molar-refractivity contribution in [3.8, 4) is 0 Å². The molecule has 0 aliphatic rings. The first kappa shape index (κ1) is 7.02. The fourth-order valence-electron chi connectivity index (χ4n) is 0.154. The lowest BCUT2D eigenvalue weighted by Crippen LogP contribution is -2.04. The first-order valence-corrected chi connectivity index (χ1v) is 2.68. The molecule has 0 aromatic carbocycles. The Morgan fingerprint density at radius 1 is 1.71 bits per heavy atom. The molecule has 0 bridgehead atoms. The van der Waals surface area contributed by atoms with Crippen LogP contribution in [0.5, 0.6) is 0 Å². The molecule has 0 saturated carbocycles. The van der Waals surface area contributed by atoms with Gasteiger partial charge in [-0.1, -0.05) is 26.1 Å². The summed E-state index contributed by atoms with van der Waals surface area (Å²) in [7, 11) is 0. The third-order valence-corrected chi connectivity index (χ3v) is 1.36. The van der Waals surface area contributed by atoms with Crippen LogP contribution in [0.15, 0.2) is 0 Å². The Kier molecular flexibility index (Phi) is 3.09. The number of hydrogen-bond donors (Lipinski definition) is 0. The van der Waals surface area contributed by atoms with Gasteiger partial charge < -0.3 is 0 Å². The average Bonchev–Trinajstić information content (AvgIpc) is 1.65. The molecule has 7 heavy (non-hydrogen) atoms. The van der Waals surface area contributed by atoms with Crippen LogP contribution in [0.25, 0.3) is 0 Å². The van der Waals surface area contributed by atoms with E-state index < -0.39 is 6.67 Å². The highest BCUT2D eigenvalue weighted by Gasteiger charge is 1.98. The number of rotatable bonds is 2. The van der Waals surface area contributed by atoms with E-state index in [1.54, 1.807) is 0 Å². The second-order valence-electron chi connectivity index (χ2n) is 1.75. The highest BCUT2D eigenvalue weighted by Crippen LogP contribution is 1.96. The van der Waals surface area contributed by atoms with Crippen molar-refractivity contribution in [3.05, 3.63) is 0 Å². The second-order valence-corrected chi connectivity index (χ2v) is 2.28. The third kappa shape index (κ3) is 2.68. The fourth-order valence-corrected chi connectivity index (χ4v) is 0.154. The summed E-state index contributed by atoms with van der Waals surface area (Å²) < 4.78 is 11.5. The van der Waals surface area contributed by atoms with Crippen molar-refractivity contribution in [2.45, 2.75) is 13.8 Å². The van der Waals surface area contributed by atoms with Gasteiger partial charge in [0, 0.05) is 4.86 Å². The molecule has 0 atom stereocenters. The minimum Gasteiger partial charge on any atom is -0.245 e. The van der Waals surface area contributed by atoms with Gasteiger partial charge in [-0.25, -0.2) is 4.39 Å². The van der Waals surface area contributed by atoms with Crippen molar-refractivity contribution < 1.29 is 4.39 Å². The molecule has 0 unspecified atom stereocenters. The molecule has 0 saturated heterocycles. The lowest BCUT2D eigenvalue weighted by molar-refractivity contribution is 0.572. The largest absolute Gasteiger partial charge is 0.245 e. The monoisotopic (exact) mass is 120 g/mol. The minimum absolute atomic E-state index is 0.222. The first-order valence-electron chi connectivity index (χ1n) is 2.27. The van der Waals surface area contributed by atoms with E-state index in [1.807, 2.05) is 13.8 Å². The van der Waals surface area contributed by atoms with Crippen LogP contribution in [-0.2, 0) is 0 Å². The summed E-state index contributed by atoms with van der Waals surface area (Å²) in [5.74, 6) is 0.222. The van der Waals surface area contributed by atoms with E-state index in [0.717, 1.165) is 0 Å². The van der Waals surface area contributed by atoms with Crippen LogP contribution in [0.4, 0.5) is 4.39 Å². The summed E-state index contributed by atoms with van der Waals surface area (Å²) in [6, 6.07) is 0. The van der Waals surface area contributed by atoms with E-state index in [-0.39, 0.29) is 5.92 Å². The maximum absolute atomic E-state index is 11.5. The zero-order valence-electron chi connectivity index (χ0n) is 4.57. The van der Waals surface area contributed by atoms with E-state index in [0.29, 0.717) is 4.86 Å².